The van der Waals surface area contributed by atoms with Gasteiger partial charge in [0.1, 0.15) is 5.65 Å². The van der Waals surface area contributed by atoms with Crippen LogP contribution < -0.4 is 0 Å². The minimum atomic E-state index is 0.335. The van der Waals surface area contributed by atoms with E-state index in [9.17, 15) is 0 Å². The Bertz CT molecular complexity index is 769. The maximum atomic E-state index is 9.04. The normalized spacial score (nSPS) is 10.5. The minimum absolute atomic E-state index is 0.335. The van der Waals surface area contributed by atoms with Crippen molar-refractivity contribution in [1.82, 2.24) is 9.38 Å². The van der Waals surface area contributed by atoms with E-state index in [1.807, 2.05) is 53.1 Å². The van der Waals surface area contributed by atoms with Gasteiger partial charge < -0.3 is 4.40 Å². The first-order valence-electron chi connectivity index (χ1n) is 5.88. The molecule has 0 radical (unpaired) electrons. The fraction of sp³-hybridized carbons (Fsp3) is 0.0667. The van der Waals surface area contributed by atoms with E-state index in [0.717, 1.165) is 27.1 Å². The largest absolute Gasteiger partial charge is 0.301 e. The Labute approximate surface area is 119 Å². The van der Waals surface area contributed by atoms with Gasteiger partial charge in [-0.2, -0.15) is 5.26 Å². The van der Waals surface area contributed by atoms with Crippen molar-refractivity contribution in [2.24, 2.45) is 0 Å². The van der Waals surface area contributed by atoms with E-state index in [-0.39, 0.29) is 0 Å². The molecular weight excluding hydrogens is 302 g/mol. The number of pyridine rings is 1. The lowest BCUT2D eigenvalue weighted by molar-refractivity contribution is 1.05. The van der Waals surface area contributed by atoms with Crippen molar-refractivity contribution in [3.8, 4) is 17.3 Å². The maximum Gasteiger partial charge on any atom is 0.137 e. The van der Waals surface area contributed by atoms with Crippen LogP contribution in [0.4, 0.5) is 0 Å². The molecule has 0 fully saturated rings. The van der Waals surface area contributed by atoms with Crippen molar-refractivity contribution >= 4 is 21.6 Å². The third-order valence-electron chi connectivity index (χ3n) is 2.98. The van der Waals surface area contributed by atoms with E-state index in [2.05, 4.69) is 27.0 Å². The molecule has 92 valence electrons. The molecule has 0 unspecified atom stereocenters. The van der Waals surface area contributed by atoms with Crippen LogP contribution in [0.2, 0.25) is 0 Å². The van der Waals surface area contributed by atoms with Crippen LogP contribution in [0.15, 0.2) is 53.1 Å². The first-order chi connectivity index (χ1) is 9.29. The van der Waals surface area contributed by atoms with Gasteiger partial charge in [-0.05, 0) is 28.1 Å². The highest BCUT2D eigenvalue weighted by Crippen LogP contribution is 2.25. The van der Waals surface area contributed by atoms with Crippen LogP contribution in [-0.2, 0) is 6.42 Å². The number of rotatable bonds is 2. The molecular formula is C15H10BrN3. The van der Waals surface area contributed by atoms with E-state index in [1.165, 1.54) is 0 Å². The van der Waals surface area contributed by atoms with Gasteiger partial charge in [-0.3, -0.25) is 0 Å². The first kappa shape index (κ1) is 11.9. The van der Waals surface area contributed by atoms with Crippen molar-refractivity contribution in [2.45, 2.75) is 6.42 Å². The minimum Gasteiger partial charge on any atom is -0.301 e. The lowest BCUT2D eigenvalue weighted by atomic mass is 10.1. The van der Waals surface area contributed by atoms with Gasteiger partial charge in [0, 0.05) is 16.2 Å². The Morgan fingerprint density at radius 3 is 2.68 bits per heavy atom. The monoisotopic (exact) mass is 311 g/mol. The number of hydrogen-bond acceptors (Lipinski definition) is 2. The van der Waals surface area contributed by atoms with Gasteiger partial charge in [0.05, 0.1) is 23.9 Å². The third-order valence-corrected chi connectivity index (χ3v) is 3.44. The van der Waals surface area contributed by atoms with Gasteiger partial charge in [0.25, 0.3) is 0 Å². The molecule has 4 heteroatoms. The summed E-state index contributed by atoms with van der Waals surface area (Å²) in [6.07, 6.45) is 2.28. The van der Waals surface area contributed by atoms with Gasteiger partial charge >= 0.3 is 0 Å². The number of halogens is 1. The Kier molecular flexibility index (Phi) is 3.06. The number of fused-ring (bicyclic) bond motifs is 1. The summed E-state index contributed by atoms with van der Waals surface area (Å²) in [6.45, 7) is 0. The van der Waals surface area contributed by atoms with E-state index < -0.39 is 0 Å². The molecule has 2 heterocycles. The highest BCUT2D eigenvalue weighted by Gasteiger charge is 2.13. The van der Waals surface area contributed by atoms with Crippen LogP contribution in [0, 0.1) is 11.3 Å². The van der Waals surface area contributed by atoms with Crippen molar-refractivity contribution < 1.29 is 0 Å². The zero-order valence-electron chi connectivity index (χ0n) is 10.0. The average Bonchev–Trinajstić information content (AvgIpc) is 2.79. The smallest absolute Gasteiger partial charge is 0.137 e. The predicted molar refractivity (Wildman–Crippen MR) is 77.6 cm³/mol. The molecule has 0 amide bonds. The Hall–Kier alpha value is -2.12. The molecule has 0 saturated heterocycles. The summed E-state index contributed by atoms with van der Waals surface area (Å²) in [5.74, 6) is 0. The molecule has 0 saturated carbocycles. The molecule has 2 aromatic heterocycles. The Balaban J connectivity index is 2.30. The number of benzene rings is 1. The van der Waals surface area contributed by atoms with Crippen LogP contribution in [0.5, 0.6) is 0 Å². The summed E-state index contributed by atoms with van der Waals surface area (Å²) >= 11 is 3.45. The summed E-state index contributed by atoms with van der Waals surface area (Å²) in [4.78, 5) is 4.63. The second-order valence-corrected chi connectivity index (χ2v) is 5.10. The summed E-state index contributed by atoms with van der Waals surface area (Å²) < 4.78 is 2.94. The van der Waals surface area contributed by atoms with E-state index in [1.54, 1.807) is 0 Å². The van der Waals surface area contributed by atoms with Crippen molar-refractivity contribution in [2.75, 3.05) is 0 Å². The second kappa shape index (κ2) is 4.87. The fourth-order valence-electron chi connectivity index (χ4n) is 2.14. The second-order valence-electron chi connectivity index (χ2n) is 4.18. The highest BCUT2D eigenvalue weighted by molar-refractivity contribution is 9.10. The lowest BCUT2D eigenvalue weighted by Gasteiger charge is -2.01. The maximum absolute atomic E-state index is 9.04. The van der Waals surface area contributed by atoms with Crippen LogP contribution in [0.3, 0.4) is 0 Å². The molecule has 1 aromatic carbocycles. The van der Waals surface area contributed by atoms with Crippen molar-refractivity contribution in [1.29, 1.82) is 5.26 Å². The zero-order chi connectivity index (χ0) is 13.2. The van der Waals surface area contributed by atoms with Crippen molar-refractivity contribution in [3.05, 3.63) is 58.8 Å². The van der Waals surface area contributed by atoms with E-state index in [4.69, 9.17) is 5.26 Å². The van der Waals surface area contributed by atoms with Gasteiger partial charge in [0.15, 0.2) is 0 Å². The van der Waals surface area contributed by atoms with Crippen LogP contribution in [-0.4, -0.2) is 9.38 Å². The molecule has 0 aliphatic rings. The molecule has 0 N–H and O–H groups in total. The molecule has 0 aliphatic carbocycles. The predicted octanol–water partition coefficient (Wildman–Crippen LogP) is 3.83. The van der Waals surface area contributed by atoms with Crippen molar-refractivity contribution in [3.63, 3.8) is 0 Å². The topological polar surface area (TPSA) is 41.1 Å². The Morgan fingerprint density at radius 2 is 1.95 bits per heavy atom. The molecule has 0 aliphatic heterocycles. The number of aromatic nitrogens is 2. The molecule has 0 bridgehead atoms. The van der Waals surface area contributed by atoms with Gasteiger partial charge in [-0.1, -0.05) is 30.3 Å². The summed E-state index contributed by atoms with van der Waals surface area (Å²) in [7, 11) is 0. The summed E-state index contributed by atoms with van der Waals surface area (Å²) in [5.41, 5.74) is 3.69. The molecule has 3 rings (SSSR count). The molecule has 19 heavy (non-hydrogen) atoms. The standard InChI is InChI=1S/C15H10BrN3/c16-12-6-7-14-18-15(11-4-2-1-3-5-11)13(8-9-17)19(14)10-12/h1-7,10H,8H2. The number of nitrogens with zero attached hydrogens (tertiary/aromatic N) is 3. The quantitative estimate of drug-likeness (QED) is 0.721. The van der Waals surface area contributed by atoms with E-state index in [0.29, 0.717) is 6.42 Å². The summed E-state index contributed by atoms with van der Waals surface area (Å²) in [6, 6.07) is 16.1. The highest BCUT2D eigenvalue weighted by atomic mass is 79.9. The summed E-state index contributed by atoms with van der Waals surface area (Å²) in [5, 5.41) is 9.04. The van der Waals surface area contributed by atoms with Gasteiger partial charge in [-0.25, -0.2) is 4.98 Å². The zero-order valence-corrected chi connectivity index (χ0v) is 11.6. The molecule has 3 nitrogen and oxygen atoms in total. The van der Waals surface area contributed by atoms with Crippen LogP contribution in [0.1, 0.15) is 5.69 Å². The number of nitriles is 1. The Morgan fingerprint density at radius 1 is 1.16 bits per heavy atom. The van der Waals surface area contributed by atoms with Crippen LogP contribution in [0.25, 0.3) is 16.9 Å². The average molecular weight is 312 g/mol. The molecule has 0 atom stereocenters. The molecule has 3 aromatic rings. The first-order valence-corrected chi connectivity index (χ1v) is 6.68. The molecule has 0 spiro atoms. The number of imidazole rings is 1. The third kappa shape index (κ3) is 2.13. The van der Waals surface area contributed by atoms with E-state index >= 15 is 0 Å². The van der Waals surface area contributed by atoms with Crippen LogP contribution >= 0.6 is 15.9 Å². The SMILES string of the molecule is N#CCc1c(-c2ccccc2)nc2ccc(Br)cn12. The van der Waals surface area contributed by atoms with Gasteiger partial charge in [0.2, 0.25) is 0 Å². The lowest BCUT2D eigenvalue weighted by Crippen LogP contribution is -1.93. The fourth-order valence-corrected chi connectivity index (χ4v) is 2.48. The van der Waals surface area contributed by atoms with Gasteiger partial charge in [-0.15, -0.1) is 0 Å². The number of hydrogen-bond donors (Lipinski definition) is 0.